The number of rotatable bonds is 6. The number of benzene rings is 1. The summed E-state index contributed by atoms with van der Waals surface area (Å²) in [5.74, 6) is 1.15. The average molecular weight is 346 g/mol. The molecule has 0 fully saturated rings. The van der Waals surface area contributed by atoms with Crippen molar-refractivity contribution in [3.63, 3.8) is 0 Å². The van der Waals surface area contributed by atoms with Crippen molar-refractivity contribution in [2.24, 2.45) is 0 Å². The van der Waals surface area contributed by atoms with Crippen LogP contribution in [0.3, 0.4) is 0 Å². The van der Waals surface area contributed by atoms with Gasteiger partial charge >= 0.3 is 0 Å². The number of hydrogen-bond acceptors (Lipinski definition) is 5. The summed E-state index contributed by atoms with van der Waals surface area (Å²) in [6, 6.07) is 10.8. The van der Waals surface area contributed by atoms with E-state index in [4.69, 9.17) is 5.41 Å². The van der Waals surface area contributed by atoms with Gasteiger partial charge < -0.3 is 15.2 Å². The van der Waals surface area contributed by atoms with Crippen LogP contribution in [0.2, 0.25) is 0 Å². The van der Waals surface area contributed by atoms with Gasteiger partial charge in [0.2, 0.25) is 0 Å². The van der Waals surface area contributed by atoms with Crippen LogP contribution in [-0.2, 0) is 6.42 Å². The molecule has 0 aliphatic carbocycles. The molecule has 1 aliphatic rings. The quantitative estimate of drug-likeness (QED) is 0.807. The van der Waals surface area contributed by atoms with E-state index in [0.29, 0.717) is 12.1 Å². The molecule has 0 spiro atoms. The maximum absolute atomic E-state index is 8.26. The maximum Gasteiger partial charge on any atom is 0.0529 e. The van der Waals surface area contributed by atoms with Crippen molar-refractivity contribution in [1.29, 1.82) is 5.41 Å². The minimum absolute atomic E-state index is 0.713. The fraction of sp³-hybridized carbons (Fsp3) is 0.389. The van der Waals surface area contributed by atoms with Gasteiger partial charge in [-0.05, 0) is 43.2 Å². The number of likely N-dealkylation sites (N-methyl/N-ethyl adjacent to an activating group) is 1. The van der Waals surface area contributed by atoms with Gasteiger partial charge in [0.05, 0.1) is 11.4 Å². The first-order chi connectivity index (χ1) is 11.1. The Morgan fingerprint density at radius 1 is 1.30 bits per heavy atom. The molecule has 0 saturated carbocycles. The third-order valence-electron chi connectivity index (χ3n) is 4.00. The Morgan fingerprint density at radius 3 is 2.91 bits per heavy atom. The molecule has 2 aromatic rings. The Morgan fingerprint density at radius 2 is 2.17 bits per heavy atom. The number of nitrogens with zero attached hydrogens (tertiary/aromatic N) is 2. The molecule has 23 heavy (non-hydrogen) atoms. The minimum Gasteiger partial charge on any atom is -0.369 e. The fourth-order valence-corrected chi connectivity index (χ4v) is 4.51. The van der Waals surface area contributed by atoms with Crippen molar-refractivity contribution in [3.05, 3.63) is 46.2 Å². The molecule has 3 nitrogen and oxygen atoms in total. The number of thioether (sulfide) groups is 1. The van der Waals surface area contributed by atoms with Crippen molar-refractivity contribution in [2.45, 2.75) is 11.3 Å². The van der Waals surface area contributed by atoms with Crippen LogP contribution in [0, 0.1) is 5.41 Å². The third-order valence-corrected chi connectivity index (χ3v) is 5.95. The first-order valence-electron chi connectivity index (χ1n) is 7.90. The minimum atomic E-state index is 0.713. The highest BCUT2D eigenvalue weighted by Gasteiger charge is 2.18. The summed E-state index contributed by atoms with van der Waals surface area (Å²) < 4.78 is 0. The second-order valence-corrected chi connectivity index (χ2v) is 8.16. The number of anilines is 1. The molecule has 0 saturated heterocycles. The molecule has 5 heteroatoms. The van der Waals surface area contributed by atoms with Crippen molar-refractivity contribution in [1.82, 2.24) is 4.90 Å². The molecular weight excluding hydrogens is 322 g/mol. The first-order valence-corrected chi connectivity index (χ1v) is 9.77. The molecule has 3 rings (SSSR count). The number of hydrogen-bond donors (Lipinski definition) is 1. The topological polar surface area (TPSA) is 30.3 Å². The SMILES string of the molecule is CN(C)CCN1CCSc2cc(CC(=N)c3cccs3)ccc21. The summed E-state index contributed by atoms with van der Waals surface area (Å²) in [5.41, 5.74) is 3.31. The van der Waals surface area contributed by atoms with Gasteiger partial charge in [-0.2, -0.15) is 0 Å². The maximum atomic E-state index is 8.26. The molecule has 1 aromatic heterocycles. The standard InChI is InChI=1S/C18H23N3S2/c1-20(2)7-8-21-9-11-23-18-13-14(5-6-16(18)21)12-15(19)17-4-3-10-22-17/h3-6,10,13,19H,7-9,11-12H2,1-2H3. The van der Waals surface area contributed by atoms with Crippen molar-refractivity contribution < 1.29 is 0 Å². The van der Waals surface area contributed by atoms with E-state index in [2.05, 4.69) is 42.1 Å². The molecule has 0 amide bonds. The zero-order valence-corrected chi connectivity index (χ0v) is 15.3. The van der Waals surface area contributed by atoms with E-state index in [9.17, 15) is 0 Å². The molecule has 122 valence electrons. The van der Waals surface area contributed by atoms with E-state index < -0.39 is 0 Å². The summed E-state index contributed by atoms with van der Waals surface area (Å²) in [6.45, 7) is 3.27. The Bertz CT molecular complexity index is 665. The molecule has 0 unspecified atom stereocenters. The van der Waals surface area contributed by atoms with Crippen LogP contribution in [0.4, 0.5) is 5.69 Å². The smallest absolute Gasteiger partial charge is 0.0529 e. The lowest BCUT2D eigenvalue weighted by molar-refractivity contribution is 0.413. The van der Waals surface area contributed by atoms with Gasteiger partial charge in [-0.25, -0.2) is 0 Å². The summed E-state index contributed by atoms with van der Waals surface area (Å²) in [6.07, 6.45) is 0.714. The highest BCUT2D eigenvalue weighted by molar-refractivity contribution is 7.99. The Kier molecular flexibility index (Phi) is 5.41. The lowest BCUT2D eigenvalue weighted by atomic mass is 10.1. The predicted molar refractivity (Wildman–Crippen MR) is 103 cm³/mol. The first kappa shape index (κ1) is 16.6. The Balaban J connectivity index is 1.72. The van der Waals surface area contributed by atoms with Crippen molar-refractivity contribution in [3.8, 4) is 0 Å². The lowest BCUT2D eigenvalue weighted by Crippen LogP contribution is -2.35. The largest absolute Gasteiger partial charge is 0.369 e. The fourth-order valence-electron chi connectivity index (χ4n) is 2.73. The summed E-state index contributed by atoms with van der Waals surface area (Å²) in [4.78, 5) is 7.16. The van der Waals surface area contributed by atoms with Crippen molar-refractivity contribution >= 4 is 34.5 Å². The van der Waals surface area contributed by atoms with Crippen LogP contribution < -0.4 is 4.90 Å². The molecular formula is C18H23N3S2. The van der Waals surface area contributed by atoms with Gasteiger partial charge in [-0.15, -0.1) is 23.1 Å². The van der Waals surface area contributed by atoms with Gasteiger partial charge in [0.15, 0.2) is 0 Å². The van der Waals surface area contributed by atoms with Crippen LogP contribution >= 0.6 is 23.1 Å². The van der Waals surface area contributed by atoms with E-state index in [1.165, 1.54) is 16.1 Å². The van der Waals surface area contributed by atoms with Gasteiger partial charge in [-0.3, -0.25) is 0 Å². The van der Waals surface area contributed by atoms with E-state index in [-0.39, 0.29) is 0 Å². The van der Waals surface area contributed by atoms with Crippen LogP contribution in [0.25, 0.3) is 0 Å². The Labute approximate surface area is 146 Å². The highest BCUT2D eigenvalue weighted by Crippen LogP contribution is 2.35. The van der Waals surface area contributed by atoms with E-state index >= 15 is 0 Å². The summed E-state index contributed by atoms with van der Waals surface area (Å²) in [7, 11) is 4.25. The molecule has 0 radical (unpaired) electrons. The summed E-state index contributed by atoms with van der Waals surface area (Å²) >= 11 is 3.59. The molecule has 2 heterocycles. The van der Waals surface area contributed by atoms with Crippen LogP contribution in [0.1, 0.15) is 10.4 Å². The van der Waals surface area contributed by atoms with Gasteiger partial charge in [0, 0.05) is 41.6 Å². The van der Waals surface area contributed by atoms with Crippen molar-refractivity contribution in [2.75, 3.05) is 44.4 Å². The normalized spacial score (nSPS) is 14.1. The molecule has 1 aromatic carbocycles. The zero-order chi connectivity index (χ0) is 16.2. The van der Waals surface area contributed by atoms with Gasteiger partial charge in [0.25, 0.3) is 0 Å². The molecule has 1 aliphatic heterocycles. The van der Waals surface area contributed by atoms with Gasteiger partial charge in [0.1, 0.15) is 0 Å². The average Bonchev–Trinajstić information content (AvgIpc) is 3.07. The van der Waals surface area contributed by atoms with Crippen LogP contribution in [0.5, 0.6) is 0 Å². The molecule has 1 N–H and O–H groups in total. The van der Waals surface area contributed by atoms with E-state index in [0.717, 1.165) is 30.3 Å². The summed E-state index contributed by atoms with van der Waals surface area (Å²) in [5, 5.41) is 10.3. The van der Waals surface area contributed by atoms with Crippen LogP contribution in [-0.4, -0.2) is 50.1 Å². The third kappa shape index (κ3) is 4.16. The van der Waals surface area contributed by atoms with Gasteiger partial charge in [-0.1, -0.05) is 12.1 Å². The molecule has 0 bridgehead atoms. The van der Waals surface area contributed by atoms with E-state index in [1.807, 2.05) is 29.3 Å². The molecule has 0 atom stereocenters. The van der Waals surface area contributed by atoms with Crippen LogP contribution in [0.15, 0.2) is 40.6 Å². The number of nitrogens with one attached hydrogen (secondary N) is 1. The number of thiophene rings is 1. The second-order valence-electron chi connectivity index (χ2n) is 6.07. The number of fused-ring (bicyclic) bond motifs is 1. The predicted octanol–water partition coefficient (Wildman–Crippen LogP) is 3.83. The Hall–Kier alpha value is -1.30. The second kappa shape index (κ2) is 7.51. The lowest BCUT2D eigenvalue weighted by Gasteiger charge is -2.32. The highest BCUT2D eigenvalue weighted by atomic mass is 32.2. The monoisotopic (exact) mass is 345 g/mol. The van der Waals surface area contributed by atoms with E-state index in [1.54, 1.807) is 11.3 Å². The zero-order valence-electron chi connectivity index (χ0n) is 13.7.